The minimum absolute atomic E-state index is 0.0559. The van der Waals surface area contributed by atoms with Crippen molar-refractivity contribution in [1.29, 1.82) is 0 Å². The maximum Gasteiger partial charge on any atom is 0.262 e. The SMILES string of the molecule is Cc1cccc(C)c1OCC(=O)Nc1ccccc1C(=O)N1CCN(C)CC1. The van der Waals surface area contributed by atoms with E-state index < -0.39 is 0 Å². The fourth-order valence-electron chi connectivity index (χ4n) is 3.31. The van der Waals surface area contributed by atoms with Crippen molar-refractivity contribution in [2.45, 2.75) is 13.8 Å². The molecule has 2 aromatic carbocycles. The van der Waals surface area contributed by atoms with Crippen LogP contribution in [0.4, 0.5) is 5.69 Å². The Morgan fingerprint density at radius 2 is 1.61 bits per heavy atom. The quantitative estimate of drug-likeness (QED) is 0.865. The topological polar surface area (TPSA) is 61.9 Å². The molecule has 2 aromatic rings. The summed E-state index contributed by atoms with van der Waals surface area (Å²) in [5, 5.41) is 2.83. The molecule has 0 bridgehead atoms. The maximum absolute atomic E-state index is 12.9. The highest BCUT2D eigenvalue weighted by atomic mass is 16.5. The number of para-hydroxylation sites is 2. The van der Waals surface area contributed by atoms with E-state index in [1.165, 1.54) is 0 Å². The molecule has 1 aliphatic rings. The Balaban J connectivity index is 1.66. The summed E-state index contributed by atoms with van der Waals surface area (Å²) in [6.45, 7) is 6.87. The van der Waals surface area contributed by atoms with Gasteiger partial charge in [-0.15, -0.1) is 0 Å². The molecule has 1 saturated heterocycles. The molecule has 0 atom stereocenters. The number of benzene rings is 2. The van der Waals surface area contributed by atoms with E-state index >= 15 is 0 Å². The molecular weight excluding hydrogens is 354 g/mol. The van der Waals surface area contributed by atoms with Crippen molar-refractivity contribution in [3.63, 3.8) is 0 Å². The third-order valence-corrected chi connectivity index (χ3v) is 4.98. The monoisotopic (exact) mass is 381 g/mol. The van der Waals surface area contributed by atoms with E-state index in [1.807, 2.05) is 56.1 Å². The second-order valence-corrected chi connectivity index (χ2v) is 7.20. The fourth-order valence-corrected chi connectivity index (χ4v) is 3.31. The predicted molar refractivity (Wildman–Crippen MR) is 110 cm³/mol. The van der Waals surface area contributed by atoms with Crippen molar-refractivity contribution in [2.75, 3.05) is 45.2 Å². The van der Waals surface area contributed by atoms with Gasteiger partial charge in [-0.2, -0.15) is 0 Å². The summed E-state index contributed by atoms with van der Waals surface area (Å²) in [6, 6.07) is 13.0. The van der Waals surface area contributed by atoms with Gasteiger partial charge < -0.3 is 19.9 Å². The lowest BCUT2D eigenvalue weighted by molar-refractivity contribution is -0.118. The molecule has 0 aromatic heterocycles. The third-order valence-electron chi connectivity index (χ3n) is 4.98. The first-order valence-electron chi connectivity index (χ1n) is 9.51. The average Bonchev–Trinajstić information content (AvgIpc) is 2.68. The first-order chi connectivity index (χ1) is 13.5. The van der Waals surface area contributed by atoms with Crippen molar-refractivity contribution in [2.24, 2.45) is 0 Å². The van der Waals surface area contributed by atoms with Crippen molar-refractivity contribution in [3.8, 4) is 5.75 Å². The first kappa shape index (κ1) is 19.9. The summed E-state index contributed by atoms with van der Waals surface area (Å²) >= 11 is 0. The van der Waals surface area contributed by atoms with Gasteiger partial charge in [-0.25, -0.2) is 0 Å². The lowest BCUT2D eigenvalue weighted by Crippen LogP contribution is -2.47. The molecule has 2 amide bonds. The van der Waals surface area contributed by atoms with Gasteiger partial charge in [0.2, 0.25) is 0 Å². The number of rotatable bonds is 5. The minimum atomic E-state index is -0.290. The molecule has 0 unspecified atom stereocenters. The van der Waals surface area contributed by atoms with Crippen molar-refractivity contribution >= 4 is 17.5 Å². The molecule has 0 spiro atoms. The highest BCUT2D eigenvalue weighted by Gasteiger charge is 2.23. The van der Waals surface area contributed by atoms with Crippen molar-refractivity contribution in [3.05, 3.63) is 59.2 Å². The number of piperazine rings is 1. The van der Waals surface area contributed by atoms with Gasteiger partial charge in [-0.1, -0.05) is 30.3 Å². The number of ether oxygens (including phenoxy) is 1. The predicted octanol–water partition coefficient (Wildman–Crippen LogP) is 2.71. The average molecular weight is 381 g/mol. The number of amides is 2. The molecule has 3 rings (SSSR count). The highest BCUT2D eigenvalue weighted by Crippen LogP contribution is 2.23. The Bertz CT molecular complexity index is 838. The number of nitrogens with zero attached hydrogens (tertiary/aromatic N) is 2. The number of anilines is 1. The number of hydrogen-bond donors (Lipinski definition) is 1. The number of nitrogens with one attached hydrogen (secondary N) is 1. The summed E-state index contributed by atoms with van der Waals surface area (Å²) in [5.74, 6) is 0.375. The van der Waals surface area contributed by atoms with E-state index in [4.69, 9.17) is 4.74 Å². The van der Waals surface area contributed by atoms with Crippen LogP contribution in [0.1, 0.15) is 21.5 Å². The second-order valence-electron chi connectivity index (χ2n) is 7.20. The zero-order chi connectivity index (χ0) is 20.1. The van der Waals surface area contributed by atoms with Gasteiger partial charge in [0.05, 0.1) is 11.3 Å². The molecule has 0 aliphatic carbocycles. The molecule has 6 heteroatoms. The van der Waals surface area contributed by atoms with Gasteiger partial charge in [-0.3, -0.25) is 9.59 Å². The number of carbonyl (C=O) groups is 2. The molecule has 1 N–H and O–H groups in total. The molecule has 6 nitrogen and oxygen atoms in total. The number of aryl methyl sites for hydroxylation is 2. The Morgan fingerprint density at radius 3 is 2.29 bits per heavy atom. The minimum Gasteiger partial charge on any atom is -0.483 e. The molecule has 1 fully saturated rings. The smallest absolute Gasteiger partial charge is 0.262 e. The van der Waals surface area contributed by atoms with Crippen LogP contribution in [0.5, 0.6) is 5.75 Å². The van der Waals surface area contributed by atoms with Gasteiger partial charge in [0.25, 0.3) is 11.8 Å². The van der Waals surface area contributed by atoms with E-state index in [0.29, 0.717) is 24.3 Å². The molecular formula is C22H27N3O3. The zero-order valence-electron chi connectivity index (χ0n) is 16.7. The molecule has 0 radical (unpaired) electrons. The molecule has 28 heavy (non-hydrogen) atoms. The van der Waals surface area contributed by atoms with Gasteiger partial charge in [0, 0.05) is 26.2 Å². The van der Waals surface area contributed by atoms with Crippen LogP contribution in [0.15, 0.2) is 42.5 Å². The molecule has 148 valence electrons. The Hall–Kier alpha value is -2.86. The number of likely N-dealkylation sites (N-methyl/N-ethyl adjacent to an activating group) is 1. The van der Waals surface area contributed by atoms with Crippen LogP contribution < -0.4 is 10.1 Å². The van der Waals surface area contributed by atoms with E-state index in [0.717, 1.165) is 30.0 Å². The first-order valence-corrected chi connectivity index (χ1v) is 9.51. The molecule has 1 aliphatic heterocycles. The summed E-state index contributed by atoms with van der Waals surface area (Å²) < 4.78 is 5.72. The Labute approximate surface area is 166 Å². The fraction of sp³-hybridized carbons (Fsp3) is 0.364. The zero-order valence-corrected chi connectivity index (χ0v) is 16.7. The third kappa shape index (κ3) is 4.70. The van der Waals surface area contributed by atoms with Crippen LogP contribution in [-0.4, -0.2) is 61.4 Å². The standard InChI is InChI=1S/C22H27N3O3/c1-16-7-6-8-17(2)21(16)28-15-20(26)23-19-10-5-4-9-18(19)22(27)25-13-11-24(3)12-14-25/h4-10H,11-15H2,1-3H3,(H,23,26). The van der Waals surface area contributed by atoms with E-state index in [-0.39, 0.29) is 18.4 Å². The van der Waals surface area contributed by atoms with Crippen molar-refractivity contribution in [1.82, 2.24) is 9.80 Å². The van der Waals surface area contributed by atoms with E-state index in [1.54, 1.807) is 12.1 Å². The number of carbonyl (C=O) groups excluding carboxylic acids is 2. The largest absolute Gasteiger partial charge is 0.483 e. The van der Waals surface area contributed by atoms with Crippen molar-refractivity contribution < 1.29 is 14.3 Å². The van der Waals surface area contributed by atoms with Crippen LogP contribution in [-0.2, 0) is 4.79 Å². The highest BCUT2D eigenvalue weighted by molar-refractivity contribution is 6.04. The number of hydrogen-bond acceptors (Lipinski definition) is 4. The van der Waals surface area contributed by atoms with E-state index in [9.17, 15) is 9.59 Å². The Morgan fingerprint density at radius 1 is 0.964 bits per heavy atom. The normalized spacial score (nSPS) is 14.6. The summed E-state index contributed by atoms with van der Waals surface area (Å²) in [4.78, 5) is 29.4. The maximum atomic E-state index is 12.9. The summed E-state index contributed by atoms with van der Waals surface area (Å²) in [7, 11) is 2.05. The van der Waals surface area contributed by atoms with Gasteiger partial charge in [0.15, 0.2) is 6.61 Å². The molecule has 1 heterocycles. The Kier molecular flexibility index (Phi) is 6.31. The van der Waals surface area contributed by atoms with Crippen LogP contribution in [0.2, 0.25) is 0 Å². The van der Waals surface area contributed by atoms with Gasteiger partial charge in [-0.05, 0) is 44.2 Å². The summed E-state index contributed by atoms with van der Waals surface area (Å²) in [6.07, 6.45) is 0. The van der Waals surface area contributed by atoms with Crippen LogP contribution in [0.3, 0.4) is 0 Å². The molecule has 0 saturated carbocycles. The lowest BCUT2D eigenvalue weighted by Gasteiger charge is -2.32. The lowest BCUT2D eigenvalue weighted by atomic mass is 10.1. The van der Waals surface area contributed by atoms with E-state index in [2.05, 4.69) is 10.2 Å². The van der Waals surface area contributed by atoms with Gasteiger partial charge >= 0.3 is 0 Å². The van der Waals surface area contributed by atoms with Crippen LogP contribution in [0.25, 0.3) is 0 Å². The van der Waals surface area contributed by atoms with Crippen LogP contribution >= 0.6 is 0 Å². The second kappa shape index (κ2) is 8.89. The van der Waals surface area contributed by atoms with Gasteiger partial charge in [0.1, 0.15) is 5.75 Å². The van der Waals surface area contributed by atoms with Crippen LogP contribution in [0, 0.1) is 13.8 Å². The summed E-state index contributed by atoms with van der Waals surface area (Å²) in [5.41, 5.74) is 2.99.